The van der Waals surface area contributed by atoms with Gasteiger partial charge in [0.05, 0.1) is 0 Å². The second-order valence-electron chi connectivity index (χ2n) is 4.99. The van der Waals surface area contributed by atoms with Crippen LogP contribution in [-0.4, -0.2) is 41.5 Å². The lowest BCUT2D eigenvalue weighted by Gasteiger charge is -2.25. The molecule has 0 spiro atoms. The van der Waals surface area contributed by atoms with Gasteiger partial charge in [0.25, 0.3) is 0 Å². The van der Waals surface area contributed by atoms with Crippen LogP contribution in [0.15, 0.2) is 6.20 Å². The molecule has 1 unspecified atom stereocenters. The molecule has 0 aromatic carbocycles. The number of likely N-dealkylation sites (N-methyl/N-ethyl adjacent to an activating group) is 1. The highest BCUT2D eigenvalue weighted by Gasteiger charge is 2.13. The van der Waals surface area contributed by atoms with Gasteiger partial charge in [-0.15, -0.1) is 0 Å². The molecule has 0 fully saturated rings. The molecule has 2 N–H and O–H groups in total. The summed E-state index contributed by atoms with van der Waals surface area (Å²) in [5.41, 5.74) is 1.15. The molecule has 92 valence electrons. The number of imidazole rings is 1. The molecule has 16 heavy (non-hydrogen) atoms. The van der Waals surface area contributed by atoms with Crippen LogP contribution in [0.1, 0.15) is 25.4 Å². The smallest absolute Gasteiger partial charge is 0.103 e. The Balaban J connectivity index is 2.43. The summed E-state index contributed by atoms with van der Waals surface area (Å²) >= 11 is 0. The van der Waals surface area contributed by atoms with Gasteiger partial charge in [-0.2, -0.15) is 0 Å². The van der Waals surface area contributed by atoms with Crippen LogP contribution in [-0.2, 0) is 6.54 Å². The number of aryl methyl sites for hydroxylation is 1. The molecular formula is C12H24N4. The highest BCUT2D eigenvalue weighted by molar-refractivity contribution is 4.99. The first kappa shape index (κ1) is 13.2. The molecule has 0 aliphatic heterocycles. The largest absolute Gasteiger partial charge is 0.345 e. The number of rotatable bonds is 6. The average Bonchev–Trinajstić information content (AvgIpc) is 2.58. The van der Waals surface area contributed by atoms with Gasteiger partial charge < -0.3 is 15.2 Å². The summed E-state index contributed by atoms with van der Waals surface area (Å²) < 4.78 is 0. The Morgan fingerprint density at radius 2 is 2.12 bits per heavy atom. The van der Waals surface area contributed by atoms with Crippen molar-refractivity contribution >= 4 is 0 Å². The van der Waals surface area contributed by atoms with E-state index in [-0.39, 0.29) is 0 Å². The van der Waals surface area contributed by atoms with Gasteiger partial charge in [-0.25, -0.2) is 4.98 Å². The lowest BCUT2D eigenvalue weighted by atomic mass is 10.0. The first-order valence-electron chi connectivity index (χ1n) is 5.87. The van der Waals surface area contributed by atoms with Gasteiger partial charge in [0.2, 0.25) is 0 Å². The molecule has 1 aromatic heterocycles. The Morgan fingerprint density at radius 3 is 2.56 bits per heavy atom. The first-order valence-corrected chi connectivity index (χ1v) is 5.87. The number of aromatic nitrogens is 2. The van der Waals surface area contributed by atoms with Crippen molar-refractivity contribution in [2.45, 2.75) is 33.4 Å². The minimum atomic E-state index is 0.513. The van der Waals surface area contributed by atoms with Crippen molar-refractivity contribution in [1.82, 2.24) is 20.2 Å². The molecular weight excluding hydrogens is 200 g/mol. The molecule has 0 bridgehead atoms. The molecule has 1 atom stereocenters. The maximum absolute atomic E-state index is 4.19. The van der Waals surface area contributed by atoms with Gasteiger partial charge in [0, 0.05) is 31.0 Å². The number of nitrogens with zero attached hydrogens (tertiary/aromatic N) is 2. The molecule has 0 aliphatic carbocycles. The van der Waals surface area contributed by atoms with E-state index in [0.29, 0.717) is 12.0 Å². The molecule has 4 heteroatoms. The summed E-state index contributed by atoms with van der Waals surface area (Å²) in [6, 6.07) is 0.513. The van der Waals surface area contributed by atoms with Gasteiger partial charge >= 0.3 is 0 Å². The van der Waals surface area contributed by atoms with Crippen LogP contribution in [0.2, 0.25) is 0 Å². The Kier molecular flexibility index (Phi) is 4.96. The van der Waals surface area contributed by atoms with E-state index in [1.807, 2.05) is 13.1 Å². The van der Waals surface area contributed by atoms with E-state index in [0.717, 1.165) is 24.6 Å². The Bertz CT molecular complexity index is 304. The van der Waals surface area contributed by atoms with Crippen LogP contribution in [0.3, 0.4) is 0 Å². The molecule has 0 saturated heterocycles. The van der Waals surface area contributed by atoms with Crippen LogP contribution in [0.4, 0.5) is 0 Å². The predicted octanol–water partition coefficient (Wildman–Crippen LogP) is 1.39. The summed E-state index contributed by atoms with van der Waals surface area (Å²) in [4.78, 5) is 9.65. The third kappa shape index (κ3) is 4.33. The maximum Gasteiger partial charge on any atom is 0.103 e. The standard InChI is InChI=1S/C12H24N4/c1-9(2)12(8-16(4)5)14-7-11-6-13-10(3)15-11/h6,9,12,14H,7-8H2,1-5H3,(H,13,15). The van der Waals surface area contributed by atoms with Gasteiger partial charge in [0.1, 0.15) is 5.82 Å². The van der Waals surface area contributed by atoms with E-state index in [1.165, 1.54) is 0 Å². The van der Waals surface area contributed by atoms with Crippen LogP contribution in [0.5, 0.6) is 0 Å². The van der Waals surface area contributed by atoms with Crippen LogP contribution >= 0.6 is 0 Å². The van der Waals surface area contributed by atoms with E-state index in [2.05, 4.69) is 48.1 Å². The number of nitrogens with one attached hydrogen (secondary N) is 2. The summed E-state index contributed by atoms with van der Waals surface area (Å²) in [5, 5.41) is 3.57. The fourth-order valence-corrected chi connectivity index (χ4v) is 1.71. The zero-order chi connectivity index (χ0) is 12.1. The van der Waals surface area contributed by atoms with Crippen LogP contribution in [0.25, 0.3) is 0 Å². The van der Waals surface area contributed by atoms with E-state index >= 15 is 0 Å². The third-order valence-corrected chi connectivity index (χ3v) is 2.68. The summed E-state index contributed by atoms with van der Waals surface area (Å²) in [6.07, 6.45) is 1.90. The molecule has 1 heterocycles. The van der Waals surface area contributed by atoms with Crippen LogP contribution in [0, 0.1) is 12.8 Å². The highest BCUT2D eigenvalue weighted by atomic mass is 15.1. The summed E-state index contributed by atoms with van der Waals surface area (Å²) in [7, 11) is 4.22. The minimum Gasteiger partial charge on any atom is -0.345 e. The fourth-order valence-electron chi connectivity index (χ4n) is 1.71. The molecule has 0 amide bonds. The molecule has 0 radical (unpaired) electrons. The third-order valence-electron chi connectivity index (χ3n) is 2.68. The van der Waals surface area contributed by atoms with Crippen molar-refractivity contribution in [2.75, 3.05) is 20.6 Å². The van der Waals surface area contributed by atoms with Crippen molar-refractivity contribution in [3.8, 4) is 0 Å². The Labute approximate surface area is 98.5 Å². The van der Waals surface area contributed by atoms with E-state index < -0.39 is 0 Å². The number of H-pyrrole nitrogens is 1. The zero-order valence-electron chi connectivity index (χ0n) is 11.0. The molecule has 0 aliphatic rings. The van der Waals surface area contributed by atoms with Crippen molar-refractivity contribution in [1.29, 1.82) is 0 Å². The number of hydrogen-bond donors (Lipinski definition) is 2. The van der Waals surface area contributed by atoms with Gasteiger partial charge in [-0.1, -0.05) is 13.8 Å². The quantitative estimate of drug-likeness (QED) is 0.767. The second-order valence-corrected chi connectivity index (χ2v) is 4.99. The van der Waals surface area contributed by atoms with Gasteiger partial charge in [-0.05, 0) is 26.9 Å². The molecule has 4 nitrogen and oxygen atoms in total. The number of aromatic amines is 1. The number of hydrogen-bond acceptors (Lipinski definition) is 3. The molecule has 1 rings (SSSR count). The van der Waals surface area contributed by atoms with E-state index in [1.54, 1.807) is 0 Å². The van der Waals surface area contributed by atoms with Crippen molar-refractivity contribution in [2.24, 2.45) is 5.92 Å². The topological polar surface area (TPSA) is 44.0 Å². The average molecular weight is 224 g/mol. The molecule has 1 aromatic rings. The van der Waals surface area contributed by atoms with Crippen molar-refractivity contribution in [3.05, 3.63) is 17.7 Å². The normalized spacial score (nSPS) is 13.7. The predicted molar refractivity (Wildman–Crippen MR) is 67.3 cm³/mol. The van der Waals surface area contributed by atoms with Gasteiger partial charge in [0.15, 0.2) is 0 Å². The van der Waals surface area contributed by atoms with Gasteiger partial charge in [-0.3, -0.25) is 0 Å². The monoisotopic (exact) mass is 224 g/mol. The van der Waals surface area contributed by atoms with E-state index in [4.69, 9.17) is 0 Å². The van der Waals surface area contributed by atoms with Crippen molar-refractivity contribution in [3.63, 3.8) is 0 Å². The van der Waals surface area contributed by atoms with Crippen LogP contribution < -0.4 is 5.32 Å². The fraction of sp³-hybridized carbons (Fsp3) is 0.750. The summed E-state index contributed by atoms with van der Waals surface area (Å²) in [6.45, 7) is 8.39. The minimum absolute atomic E-state index is 0.513. The van der Waals surface area contributed by atoms with Crippen molar-refractivity contribution < 1.29 is 0 Å². The Morgan fingerprint density at radius 1 is 1.44 bits per heavy atom. The SMILES string of the molecule is Cc1ncc(CNC(CN(C)C)C(C)C)[nH]1. The zero-order valence-corrected chi connectivity index (χ0v) is 11.0. The lowest BCUT2D eigenvalue weighted by molar-refractivity contribution is 0.287. The maximum atomic E-state index is 4.19. The highest BCUT2D eigenvalue weighted by Crippen LogP contribution is 2.04. The first-order chi connectivity index (χ1) is 7.49. The second kappa shape index (κ2) is 6.01. The lowest BCUT2D eigenvalue weighted by Crippen LogP contribution is -2.41. The summed E-state index contributed by atoms with van der Waals surface area (Å²) in [5.74, 6) is 1.61. The Hall–Kier alpha value is -0.870. The molecule has 0 saturated carbocycles. The van der Waals surface area contributed by atoms with E-state index in [9.17, 15) is 0 Å².